The summed E-state index contributed by atoms with van der Waals surface area (Å²) in [5, 5.41) is 3.06. The third-order valence-corrected chi connectivity index (χ3v) is 8.75. The summed E-state index contributed by atoms with van der Waals surface area (Å²) in [5.41, 5.74) is 2.11. The van der Waals surface area contributed by atoms with E-state index >= 15 is 0 Å². The highest BCUT2D eigenvalue weighted by molar-refractivity contribution is 7.97. The van der Waals surface area contributed by atoms with Gasteiger partial charge in [0.25, 0.3) is 15.9 Å². The van der Waals surface area contributed by atoms with E-state index in [0.29, 0.717) is 39.3 Å². The maximum atomic E-state index is 14.2. The summed E-state index contributed by atoms with van der Waals surface area (Å²) in [4.78, 5) is 13.5. The minimum absolute atomic E-state index is 0.00471. The van der Waals surface area contributed by atoms with E-state index in [0.717, 1.165) is 5.56 Å². The second kappa shape index (κ2) is 11.6. The molecule has 0 aromatic heterocycles. The van der Waals surface area contributed by atoms with Gasteiger partial charge < -0.3 is 19.5 Å². The van der Waals surface area contributed by atoms with Crippen LogP contribution in [0, 0.1) is 0 Å². The number of sulfonamides is 1. The number of hydrogen-bond acceptors (Lipinski definition) is 6. The van der Waals surface area contributed by atoms with Gasteiger partial charge in [-0.25, -0.2) is 8.42 Å². The first-order valence-corrected chi connectivity index (χ1v) is 14.4. The van der Waals surface area contributed by atoms with Crippen LogP contribution in [-0.2, 0) is 21.4 Å². The highest BCUT2D eigenvalue weighted by Crippen LogP contribution is 2.46. The average molecular weight is 591 g/mol. The van der Waals surface area contributed by atoms with E-state index in [4.69, 9.17) is 25.8 Å². The number of benzene rings is 4. The van der Waals surface area contributed by atoms with E-state index in [2.05, 4.69) is 5.32 Å². The van der Waals surface area contributed by atoms with E-state index in [1.807, 2.05) is 48.5 Å². The zero-order valence-corrected chi connectivity index (χ0v) is 24.1. The number of methoxy groups -OCH3 is 2. The van der Waals surface area contributed by atoms with Crippen LogP contribution in [0.25, 0.3) is 5.57 Å². The molecule has 1 aliphatic rings. The van der Waals surface area contributed by atoms with Crippen LogP contribution in [0.2, 0.25) is 5.02 Å². The van der Waals surface area contributed by atoms with Crippen molar-refractivity contribution in [1.29, 1.82) is 0 Å². The highest BCUT2D eigenvalue weighted by atomic mass is 35.5. The van der Waals surface area contributed by atoms with Crippen molar-refractivity contribution in [3.8, 4) is 23.0 Å². The van der Waals surface area contributed by atoms with Crippen molar-refractivity contribution in [2.24, 2.45) is 0 Å². The van der Waals surface area contributed by atoms with Crippen LogP contribution >= 0.6 is 11.6 Å². The summed E-state index contributed by atoms with van der Waals surface area (Å²) >= 11 is 6.24. The Kier molecular flexibility index (Phi) is 7.92. The Morgan fingerprint density at radius 3 is 2.15 bits per heavy atom. The van der Waals surface area contributed by atoms with Gasteiger partial charge >= 0.3 is 0 Å². The predicted octanol–water partition coefficient (Wildman–Crippen LogP) is 6.87. The Balaban J connectivity index is 1.61. The first kappa shape index (κ1) is 28.1. The number of anilines is 2. The Morgan fingerprint density at radius 1 is 0.854 bits per heavy atom. The topological polar surface area (TPSA) is 94.2 Å². The van der Waals surface area contributed by atoms with Crippen LogP contribution in [0.3, 0.4) is 0 Å². The molecule has 0 atom stereocenters. The van der Waals surface area contributed by atoms with Crippen molar-refractivity contribution < 1.29 is 27.4 Å². The molecule has 1 heterocycles. The first-order chi connectivity index (χ1) is 19.7. The maximum absolute atomic E-state index is 14.2. The first-order valence-electron chi connectivity index (χ1n) is 12.6. The number of carbonyl (C=O) groups is 1. The second-order valence-electron chi connectivity index (χ2n) is 9.19. The van der Waals surface area contributed by atoms with E-state index < -0.39 is 20.8 Å². The van der Waals surface area contributed by atoms with Gasteiger partial charge in [-0.05, 0) is 54.5 Å². The van der Waals surface area contributed by atoms with Crippen molar-refractivity contribution in [3.63, 3.8) is 0 Å². The quantitative estimate of drug-likeness (QED) is 0.241. The monoisotopic (exact) mass is 590 g/mol. The van der Waals surface area contributed by atoms with Crippen LogP contribution in [0.4, 0.5) is 11.4 Å². The van der Waals surface area contributed by atoms with E-state index in [1.54, 1.807) is 43.3 Å². The molecule has 0 fully saturated rings. The van der Waals surface area contributed by atoms with Crippen molar-refractivity contribution in [2.45, 2.75) is 13.5 Å². The van der Waals surface area contributed by atoms with Gasteiger partial charge in [0.15, 0.2) is 22.2 Å². The number of carbonyl (C=O) groups excluding carboxylic acids is 1. The average Bonchev–Trinajstić information content (AvgIpc) is 2.97. The predicted molar refractivity (Wildman–Crippen MR) is 160 cm³/mol. The van der Waals surface area contributed by atoms with E-state index in [9.17, 15) is 13.2 Å². The molecule has 5 rings (SSSR count). The molecule has 0 bridgehead atoms. The number of allylic oxidation sites excluding steroid dienone is 1. The molecule has 0 spiro atoms. The fourth-order valence-corrected chi connectivity index (χ4v) is 6.52. The lowest BCUT2D eigenvalue weighted by Gasteiger charge is -2.33. The highest BCUT2D eigenvalue weighted by Gasteiger charge is 2.40. The van der Waals surface area contributed by atoms with Crippen LogP contribution in [0.15, 0.2) is 95.9 Å². The molecule has 0 saturated carbocycles. The molecule has 1 aliphatic heterocycles. The number of halogens is 1. The smallest absolute Gasteiger partial charge is 0.270 e. The number of para-hydroxylation sites is 1. The molecule has 0 aliphatic carbocycles. The molecule has 0 unspecified atom stereocenters. The zero-order valence-electron chi connectivity index (χ0n) is 22.6. The number of nitrogens with zero attached hydrogens (tertiary/aromatic N) is 1. The summed E-state index contributed by atoms with van der Waals surface area (Å²) in [6.07, 6.45) is 0. The summed E-state index contributed by atoms with van der Waals surface area (Å²) in [6, 6.07) is 26.1. The number of nitrogens with one attached hydrogen (secondary N) is 1. The van der Waals surface area contributed by atoms with Crippen molar-refractivity contribution in [3.05, 3.63) is 112 Å². The molecule has 8 nitrogen and oxygen atoms in total. The number of fused-ring (bicyclic) bond motifs is 1. The molecule has 4 aromatic rings. The lowest BCUT2D eigenvalue weighted by Crippen LogP contribution is -2.39. The summed E-state index contributed by atoms with van der Waals surface area (Å²) < 4.78 is 46.5. The zero-order chi connectivity index (χ0) is 29.1. The van der Waals surface area contributed by atoms with Crippen molar-refractivity contribution >= 4 is 44.5 Å². The van der Waals surface area contributed by atoms with Crippen LogP contribution in [-0.4, -0.2) is 28.5 Å². The van der Waals surface area contributed by atoms with Gasteiger partial charge in [0.1, 0.15) is 5.75 Å². The van der Waals surface area contributed by atoms with Gasteiger partial charge in [0, 0.05) is 16.7 Å². The summed E-state index contributed by atoms with van der Waals surface area (Å²) in [7, 11) is -1.37. The fraction of sp³-hybridized carbons (Fsp3) is 0.129. The Bertz CT molecular complexity index is 1740. The minimum atomic E-state index is -4.34. The second-order valence-corrected chi connectivity index (χ2v) is 11.4. The molecular formula is C31H27ClN2O6S. The van der Waals surface area contributed by atoms with Gasteiger partial charge in [0.05, 0.1) is 32.1 Å². The van der Waals surface area contributed by atoms with Crippen LogP contribution in [0.5, 0.6) is 23.0 Å². The molecule has 0 radical (unpaired) electrons. The van der Waals surface area contributed by atoms with Gasteiger partial charge in [-0.15, -0.1) is 0 Å². The van der Waals surface area contributed by atoms with Gasteiger partial charge in [-0.2, -0.15) is 0 Å². The van der Waals surface area contributed by atoms with Crippen LogP contribution in [0.1, 0.15) is 18.1 Å². The number of rotatable bonds is 8. The summed E-state index contributed by atoms with van der Waals surface area (Å²) in [5.74, 6) is 0.768. The van der Waals surface area contributed by atoms with Gasteiger partial charge in [-0.1, -0.05) is 60.1 Å². The summed E-state index contributed by atoms with van der Waals surface area (Å²) in [6.45, 7) is 1.59. The minimum Gasteiger partial charge on any atom is -0.493 e. The van der Waals surface area contributed by atoms with Gasteiger partial charge in [0.2, 0.25) is 0 Å². The molecular weight excluding hydrogens is 564 g/mol. The molecule has 210 valence electrons. The Labute approximate surface area is 243 Å². The van der Waals surface area contributed by atoms with Crippen LogP contribution < -0.4 is 23.8 Å². The van der Waals surface area contributed by atoms with Crippen molar-refractivity contribution in [1.82, 2.24) is 0 Å². The number of hydrogen-bond donors (Lipinski definition) is 1. The molecule has 1 N–H and O–H groups in total. The molecule has 0 saturated heterocycles. The fourth-order valence-electron chi connectivity index (χ4n) is 4.62. The third-order valence-electron chi connectivity index (χ3n) is 6.60. The van der Waals surface area contributed by atoms with Crippen molar-refractivity contribution in [2.75, 3.05) is 23.8 Å². The SMILES string of the molecule is COc1cc2c(cc1OC)N(Cc1ccccc1)S(=O)(=O)C(C(=O)Nc1cc(Cl)ccc1Oc1ccccc1)=C2C. The number of ether oxygens (including phenoxy) is 3. The molecule has 1 amide bonds. The maximum Gasteiger partial charge on any atom is 0.270 e. The van der Waals surface area contributed by atoms with E-state index in [1.165, 1.54) is 24.6 Å². The van der Waals surface area contributed by atoms with E-state index in [-0.39, 0.29) is 17.8 Å². The lowest BCUT2D eigenvalue weighted by molar-refractivity contribution is -0.112. The Morgan fingerprint density at radius 2 is 1.49 bits per heavy atom. The number of amides is 1. The standard InChI is InChI=1S/C31H27ClN2O6S/c1-20-24-17-28(38-2)29(39-3)18-26(24)34(19-21-10-6-4-7-11-21)41(36,37)30(20)31(35)33-25-16-22(32)14-15-27(25)40-23-12-8-5-9-13-23/h4-18H,19H2,1-3H3,(H,33,35). The molecule has 10 heteroatoms. The normalized spacial score (nSPS) is 13.8. The Hall–Kier alpha value is -4.47. The van der Waals surface area contributed by atoms with Gasteiger partial charge in [-0.3, -0.25) is 9.10 Å². The largest absolute Gasteiger partial charge is 0.493 e. The molecule has 4 aromatic carbocycles. The third kappa shape index (κ3) is 5.59. The lowest BCUT2D eigenvalue weighted by atomic mass is 10.0. The molecule has 41 heavy (non-hydrogen) atoms.